The average molecular weight is 624 g/mol. The molecule has 0 aliphatic rings. The Kier molecular flexibility index (Phi) is 7.22. The second kappa shape index (κ2) is 12.3. The van der Waals surface area contributed by atoms with Gasteiger partial charge >= 0.3 is 0 Å². The zero-order valence-electron chi connectivity index (χ0n) is 27.0. The van der Waals surface area contributed by atoms with Gasteiger partial charge in [0, 0.05) is 17.1 Å². The molecule has 230 valence electrons. The van der Waals surface area contributed by atoms with E-state index in [0.29, 0.717) is 0 Å². The van der Waals surface area contributed by atoms with E-state index in [4.69, 9.17) is 0 Å². The zero-order valence-corrected chi connectivity index (χ0v) is 27.0. The van der Waals surface area contributed by atoms with Gasteiger partial charge in [-0.15, -0.1) is 0 Å². The summed E-state index contributed by atoms with van der Waals surface area (Å²) < 4.78 is 0. The van der Waals surface area contributed by atoms with Crippen molar-refractivity contribution in [3.05, 3.63) is 200 Å². The van der Waals surface area contributed by atoms with E-state index < -0.39 is 0 Å². The summed E-state index contributed by atoms with van der Waals surface area (Å²) in [6.07, 6.45) is 0. The average Bonchev–Trinajstić information content (AvgIpc) is 3.18. The van der Waals surface area contributed by atoms with Crippen molar-refractivity contribution in [1.82, 2.24) is 0 Å². The number of benzene rings is 9. The van der Waals surface area contributed by atoms with Crippen LogP contribution in [0.3, 0.4) is 0 Å². The Hall–Kier alpha value is -6.44. The molecule has 0 bridgehead atoms. The van der Waals surface area contributed by atoms with Crippen LogP contribution >= 0.6 is 0 Å². The summed E-state index contributed by atoms with van der Waals surface area (Å²) in [4.78, 5) is 2.38. The van der Waals surface area contributed by atoms with Gasteiger partial charge < -0.3 is 4.90 Å². The first kappa shape index (κ1) is 28.8. The molecular formula is C48H33N. The number of hydrogen-bond acceptors (Lipinski definition) is 1. The Morgan fingerprint density at radius 2 is 0.796 bits per heavy atom. The first-order valence-electron chi connectivity index (χ1n) is 16.8. The van der Waals surface area contributed by atoms with Crippen molar-refractivity contribution >= 4 is 49.4 Å². The number of rotatable bonds is 6. The lowest BCUT2D eigenvalue weighted by atomic mass is 9.93. The molecule has 9 aromatic carbocycles. The SMILES string of the molecule is c1ccc(-c2cccc(N(c3ccc(-c4cc5ccccc5c5ccccc45)cc3)c3cccc(-c4cccc5ccccc45)c3)c2)cc1. The molecule has 49 heavy (non-hydrogen) atoms. The van der Waals surface area contributed by atoms with Gasteiger partial charge in [-0.1, -0.05) is 158 Å². The molecule has 0 aromatic heterocycles. The quantitative estimate of drug-likeness (QED) is 0.167. The molecule has 0 saturated carbocycles. The van der Waals surface area contributed by atoms with Crippen LogP contribution in [-0.2, 0) is 0 Å². The van der Waals surface area contributed by atoms with Crippen LogP contribution in [0.15, 0.2) is 200 Å². The summed E-state index contributed by atoms with van der Waals surface area (Å²) in [6, 6.07) is 72.4. The second-order valence-electron chi connectivity index (χ2n) is 12.6. The number of fused-ring (bicyclic) bond motifs is 4. The molecule has 0 unspecified atom stereocenters. The van der Waals surface area contributed by atoms with Crippen molar-refractivity contribution in [2.75, 3.05) is 4.90 Å². The third-order valence-corrected chi connectivity index (χ3v) is 9.62. The number of hydrogen-bond donors (Lipinski definition) is 0. The van der Waals surface area contributed by atoms with Crippen LogP contribution < -0.4 is 4.90 Å². The molecule has 1 heteroatoms. The topological polar surface area (TPSA) is 3.24 Å². The van der Waals surface area contributed by atoms with Gasteiger partial charge in [-0.25, -0.2) is 0 Å². The van der Waals surface area contributed by atoms with Crippen LogP contribution in [0, 0.1) is 0 Å². The largest absolute Gasteiger partial charge is 0.310 e. The summed E-state index contributed by atoms with van der Waals surface area (Å²) in [6.45, 7) is 0. The molecule has 9 rings (SSSR count). The molecule has 9 aromatic rings. The third-order valence-electron chi connectivity index (χ3n) is 9.62. The van der Waals surface area contributed by atoms with E-state index in [0.717, 1.165) is 17.1 Å². The molecule has 0 aliphatic carbocycles. The highest BCUT2D eigenvalue weighted by Gasteiger charge is 2.16. The molecule has 0 saturated heterocycles. The van der Waals surface area contributed by atoms with E-state index in [-0.39, 0.29) is 0 Å². The summed E-state index contributed by atoms with van der Waals surface area (Å²) in [5.41, 5.74) is 10.6. The van der Waals surface area contributed by atoms with Gasteiger partial charge in [0.25, 0.3) is 0 Å². The van der Waals surface area contributed by atoms with Crippen LogP contribution in [0.25, 0.3) is 65.7 Å². The molecule has 0 spiro atoms. The molecule has 0 radical (unpaired) electrons. The zero-order chi connectivity index (χ0) is 32.6. The van der Waals surface area contributed by atoms with Crippen LogP contribution in [0.2, 0.25) is 0 Å². The van der Waals surface area contributed by atoms with Gasteiger partial charge in [-0.05, 0) is 108 Å². The molecule has 0 atom stereocenters. The normalized spacial score (nSPS) is 11.3. The highest BCUT2D eigenvalue weighted by atomic mass is 15.1. The van der Waals surface area contributed by atoms with Gasteiger partial charge in [0.1, 0.15) is 0 Å². The fraction of sp³-hybridized carbons (Fsp3) is 0. The minimum Gasteiger partial charge on any atom is -0.310 e. The summed E-state index contributed by atoms with van der Waals surface area (Å²) >= 11 is 0. The smallest absolute Gasteiger partial charge is 0.0467 e. The minimum absolute atomic E-state index is 1.11. The predicted octanol–water partition coefficient (Wildman–Crippen LogP) is 13.6. The lowest BCUT2D eigenvalue weighted by Crippen LogP contribution is -2.10. The Balaban J connectivity index is 1.19. The maximum absolute atomic E-state index is 2.38. The van der Waals surface area contributed by atoms with Gasteiger partial charge in [0.15, 0.2) is 0 Å². The van der Waals surface area contributed by atoms with Crippen molar-refractivity contribution < 1.29 is 0 Å². The van der Waals surface area contributed by atoms with Crippen LogP contribution in [0.4, 0.5) is 17.1 Å². The monoisotopic (exact) mass is 623 g/mol. The fourth-order valence-corrected chi connectivity index (χ4v) is 7.28. The van der Waals surface area contributed by atoms with Gasteiger partial charge in [0.05, 0.1) is 0 Å². The van der Waals surface area contributed by atoms with Crippen molar-refractivity contribution in [3.8, 4) is 33.4 Å². The van der Waals surface area contributed by atoms with E-state index >= 15 is 0 Å². The maximum atomic E-state index is 2.38. The molecule has 0 N–H and O–H groups in total. The van der Waals surface area contributed by atoms with Crippen LogP contribution in [0.5, 0.6) is 0 Å². The molecular weight excluding hydrogens is 591 g/mol. The van der Waals surface area contributed by atoms with E-state index in [9.17, 15) is 0 Å². The molecule has 0 fully saturated rings. The van der Waals surface area contributed by atoms with Gasteiger partial charge in [-0.3, -0.25) is 0 Å². The Bertz CT molecular complexity index is 2590. The molecule has 0 amide bonds. The van der Waals surface area contributed by atoms with Gasteiger partial charge in [0.2, 0.25) is 0 Å². The maximum Gasteiger partial charge on any atom is 0.0467 e. The highest BCUT2D eigenvalue weighted by molar-refractivity contribution is 6.13. The van der Waals surface area contributed by atoms with Crippen LogP contribution in [0.1, 0.15) is 0 Å². The van der Waals surface area contributed by atoms with Crippen molar-refractivity contribution in [2.45, 2.75) is 0 Å². The summed E-state index contributed by atoms with van der Waals surface area (Å²) in [5.74, 6) is 0. The summed E-state index contributed by atoms with van der Waals surface area (Å²) in [7, 11) is 0. The number of anilines is 3. The lowest BCUT2D eigenvalue weighted by Gasteiger charge is -2.27. The van der Waals surface area contributed by atoms with Crippen molar-refractivity contribution in [2.24, 2.45) is 0 Å². The Morgan fingerprint density at radius 1 is 0.245 bits per heavy atom. The fourth-order valence-electron chi connectivity index (χ4n) is 7.28. The van der Waals surface area contributed by atoms with Gasteiger partial charge in [-0.2, -0.15) is 0 Å². The molecule has 1 nitrogen and oxygen atoms in total. The van der Waals surface area contributed by atoms with E-state index in [1.54, 1.807) is 0 Å². The minimum atomic E-state index is 1.11. The van der Waals surface area contributed by atoms with E-state index in [2.05, 4.69) is 205 Å². The lowest BCUT2D eigenvalue weighted by molar-refractivity contribution is 1.28. The molecule has 0 heterocycles. The summed E-state index contributed by atoms with van der Waals surface area (Å²) in [5, 5.41) is 7.59. The molecule has 0 aliphatic heterocycles. The Morgan fingerprint density at radius 3 is 1.57 bits per heavy atom. The van der Waals surface area contributed by atoms with Crippen molar-refractivity contribution in [3.63, 3.8) is 0 Å². The predicted molar refractivity (Wildman–Crippen MR) is 210 cm³/mol. The first-order valence-corrected chi connectivity index (χ1v) is 16.8. The Labute approximate surface area is 287 Å². The number of nitrogens with zero attached hydrogens (tertiary/aromatic N) is 1. The van der Waals surface area contributed by atoms with Crippen molar-refractivity contribution in [1.29, 1.82) is 0 Å². The third kappa shape index (κ3) is 5.32. The van der Waals surface area contributed by atoms with Crippen LogP contribution in [-0.4, -0.2) is 0 Å². The highest BCUT2D eigenvalue weighted by Crippen LogP contribution is 2.41. The van der Waals surface area contributed by atoms with E-state index in [1.165, 1.54) is 65.7 Å². The first-order chi connectivity index (χ1) is 24.3. The second-order valence-corrected chi connectivity index (χ2v) is 12.6. The standard InChI is InChI=1S/C48H33N/c1-2-13-34(14-3-1)37-18-10-20-41(31-37)49(42-21-11-19-38(32-42)44-26-12-17-35-15-4-6-22-43(35)44)40-29-27-36(28-30-40)48-33-39-16-5-7-23-45(39)46-24-8-9-25-47(46)48/h1-33H. The van der Waals surface area contributed by atoms with E-state index in [1.807, 2.05) is 0 Å².